The first-order valence-electron chi connectivity index (χ1n) is 6.46. The van der Waals surface area contributed by atoms with E-state index in [0.717, 1.165) is 33.8 Å². The summed E-state index contributed by atoms with van der Waals surface area (Å²) in [6, 6.07) is 14.3. The molecule has 0 unspecified atom stereocenters. The van der Waals surface area contributed by atoms with Crippen LogP contribution < -0.4 is 5.32 Å². The zero-order valence-corrected chi connectivity index (χ0v) is 14.0. The van der Waals surface area contributed by atoms with Gasteiger partial charge in [-0.3, -0.25) is 0 Å². The van der Waals surface area contributed by atoms with Gasteiger partial charge in [0.05, 0.1) is 0 Å². The first-order valence-corrected chi connectivity index (χ1v) is 7.63. The highest BCUT2D eigenvalue weighted by molar-refractivity contribution is 9.10. The van der Waals surface area contributed by atoms with Gasteiger partial charge in [-0.1, -0.05) is 39.7 Å². The van der Waals surface area contributed by atoms with Gasteiger partial charge in [-0.2, -0.15) is 0 Å². The summed E-state index contributed by atoms with van der Waals surface area (Å²) >= 11 is 9.57. The standard InChI is InChI=1S/C16H18BrClN2/c1-20(2)11-12-4-3-5-15(8-12)19-10-13-9-14(18)6-7-16(13)17/h3-9,19H,10-11H2,1-2H3. The molecule has 0 amide bonds. The number of hydrogen-bond acceptors (Lipinski definition) is 2. The Balaban J connectivity index is 2.05. The van der Waals surface area contributed by atoms with E-state index < -0.39 is 0 Å². The fourth-order valence-electron chi connectivity index (χ4n) is 2.02. The van der Waals surface area contributed by atoms with Gasteiger partial charge in [0.25, 0.3) is 0 Å². The normalized spacial score (nSPS) is 10.8. The lowest BCUT2D eigenvalue weighted by molar-refractivity contribution is 0.402. The molecule has 2 aromatic rings. The summed E-state index contributed by atoms with van der Waals surface area (Å²) < 4.78 is 1.07. The van der Waals surface area contributed by atoms with Crippen LogP contribution in [0.3, 0.4) is 0 Å². The Labute approximate surface area is 133 Å². The number of nitrogens with one attached hydrogen (secondary N) is 1. The Morgan fingerprint density at radius 2 is 1.95 bits per heavy atom. The van der Waals surface area contributed by atoms with Crippen LogP contribution in [0, 0.1) is 0 Å². The minimum Gasteiger partial charge on any atom is -0.381 e. The van der Waals surface area contributed by atoms with Gasteiger partial charge >= 0.3 is 0 Å². The summed E-state index contributed by atoms with van der Waals surface area (Å²) in [6.45, 7) is 1.68. The second kappa shape index (κ2) is 7.11. The van der Waals surface area contributed by atoms with Gasteiger partial charge in [-0.15, -0.1) is 0 Å². The van der Waals surface area contributed by atoms with E-state index in [4.69, 9.17) is 11.6 Å². The van der Waals surface area contributed by atoms with Crippen molar-refractivity contribution in [3.63, 3.8) is 0 Å². The Morgan fingerprint density at radius 3 is 2.70 bits per heavy atom. The third-order valence-corrected chi connectivity index (χ3v) is 3.93. The maximum Gasteiger partial charge on any atom is 0.0412 e. The van der Waals surface area contributed by atoms with Gasteiger partial charge in [0.15, 0.2) is 0 Å². The average Bonchev–Trinajstić information content (AvgIpc) is 2.39. The summed E-state index contributed by atoms with van der Waals surface area (Å²) in [4.78, 5) is 2.16. The van der Waals surface area contributed by atoms with Crippen molar-refractivity contribution < 1.29 is 0 Å². The van der Waals surface area contributed by atoms with Crippen LogP contribution in [0.15, 0.2) is 46.9 Å². The molecule has 0 heterocycles. The molecule has 0 saturated heterocycles. The second-order valence-corrected chi connectivity index (χ2v) is 6.32. The van der Waals surface area contributed by atoms with Crippen molar-refractivity contribution >= 4 is 33.2 Å². The highest BCUT2D eigenvalue weighted by Crippen LogP contribution is 2.22. The zero-order valence-electron chi connectivity index (χ0n) is 11.7. The predicted octanol–water partition coefficient (Wildman–Crippen LogP) is 4.78. The number of benzene rings is 2. The molecule has 0 aliphatic rings. The van der Waals surface area contributed by atoms with Crippen LogP contribution in [0.1, 0.15) is 11.1 Å². The summed E-state index contributed by atoms with van der Waals surface area (Å²) in [6.07, 6.45) is 0. The molecular weight excluding hydrogens is 336 g/mol. The molecule has 0 fully saturated rings. The number of halogens is 2. The van der Waals surface area contributed by atoms with Gasteiger partial charge in [0, 0.05) is 28.3 Å². The third-order valence-electron chi connectivity index (χ3n) is 2.92. The molecule has 0 radical (unpaired) electrons. The molecule has 0 spiro atoms. The van der Waals surface area contributed by atoms with Crippen LogP contribution in [0.5, 0.6) is 0 Å². The van der Waals surface area contributed by atoms with E-state index >= 15 is 0 Å². The SMILES string of the molecule is CN(C)Cc1cccc(NCc2cc(Cl)ccc2Br)c1. The maximum atomic E-state index is 6.03. The number of anilines is 1. The molecule has 1 N–H and O–H groups in total. The predicted molar refractivity (Wildman–Crippen MR) is 90.3 cm³/mol. The zero-order chi connectivity index (χ0) is 14.5. The van der Waals surface area contributed by atoms with E-state index in [1.165, 1.54) is 5.56 Å². The molecule has 4 heteroatoms. The van der Waals surface area contributed by atoms with Crippen LogP contribution in [0.25, 0.3) is 0 Å². The van der Waals surface area contributed by atoms with E-state index in [-0.39, 0.29) is 0 Å². The van der Waals surface area contributed by atoms with Crippen LogP contribution in [-0.4, -0.2) is 19.0 Å². The Hall–Kier alpha value is -1.03. The highest BCUT2D eigenvalue weighted by Gasteiger charge is 2.02. The second-order valence-electron chi connectivity index (χ2n) is 5.03. The smallest absolute Gasteiger partial charge is 0.0412 e. The minimum absolute atomic E-state index is 0.743. The van der Waals surface area contributed by atoms with Crippen LogP contribution >= 0.6 is 27.5 Å². The lowest BCUT2D eigenvalue weighted by Crippen LogP contribution is -2.10. The summed E-state index contributed by atoms with van der Waals surface area (Å²) in [5.74, 6) is 0. The molecule has 0 aromatic heterocycles. The summed E-state index contributed by atoms with van der Waals surface area (Å²) in [5, 5.41) is 4.19. The number of rotatable bonds is 5. The average molecular weight is 354 g/mol. The molecule has 106 valence electrons. The Bertz CT molecular complexity index is 584. The van der Waals surface area contributed by atoms with E-state index in [2.05, 4.69) is 64.5 Å². The molecule has 20 heavy (non-hydrogen) atoms. The van der Waals surface area contributed by atoms with Crippen molar-refractivity contribution in [2.24, 2.45) is 0 Å². The first-order chi connectivity index (χ1) is 9.54. The van der Waals surface area contributed by atoms with Gasteiger partial charge in [-0.05, 0) is 55.6 Å². The fraction of sp³-hybridized carbons (Fsp3) is 0.250. The number of hydrogen-bond donors (Lipinski definition) is 1. The van der Waals surface area contributed by atoms with Crippen molar-refractivity contribution in [1.82, 2.24) is 4.90 Å². The Morgan fingerprint density at radius 1 is 1.15 bits per heavy atom. The van der Waals surface area contributed by atoms with Gasteiger partial charge in [0.1, 0.15) is 0 Å². The molecule has 0 atom stereocenters. The van der Waals surface area contributed by atoms with Gasteiger partial charge in [-0.25, -0.2) is 0 Å². The quantitative estimate of drug-likeness (QED) is 0.832. The molecule has 2 rings (SSSR count). The van der Waals surface area contributed by atoms with Gasteiger partial charge in [0.2, 0.25) is 0 Å². The topological polar surface area (TPSA) is 15.3 Å². The largest absolute Gasteiger partial charge is 0.381 e. The lowest BCUT2D eigenvalue weighted by Gasteiger charge is -2.12. The van der Waals surface area contributed by atoms with E-state index in [9.17, 15) is 0 Å². The molecule has 0 bridgehead atoms. The van der Waals surface area contributed by atoms with E-state index in [0.29, 0.717) is 0 Å². The third kappa shape index (κ3) is 4.51. The van der Waals surface area contributed by atoms with E-state index in [1.54, 1.807) is 0 Å². The van der Waals surface area contributed by atoms with E-state index in [1.807, 2.05) is 18.2 Å². The van der Waals surface area contributed by atoms with Crippen molar-refractivity contribution in [3.8, 4) is 0 Å². The van der Waals surface area contributed by atoms with Crippen LogP contribution in [-0.2, 0) is 13.1 Å². The molecule has 0 aliphatic heterocycles. The van der Waals surface area contributed by atoms with Crippen LogP contribution in [0.2, 0.25) is 5.02 Å². The fourth-order valence-corrected chi connectivity index (χ4v) is 2.60. The van der Waals surface area contributed by atoms with Crippen molar-refractivity contribution in [3.05, 3.63) is 63.1 Å². The van der Waals surface area contributed by atoms with Crippen molar-refractivity contribution in [2.45, 2.75) is 13.1 Å². The molecule has 0 saturated carbocycles. The summed E-state index contributed by atoms with van der Waals surface area (Å²) in [7, 11) is 4.15. The highest BCUT2D eigenvalue weighted by atomic mass is 79.9. The molecule has 2 aromatic carbocycles. The van der Waals surface area contributed by atoms with Gasteiger partial charge < -0.3 is 10.2 Å². The van der Waals surface area contributed by atoms with Crippen molar-refractivity contribution in [1.29, 1.82) is 0 Å². The maximum absolute atomic E-state index is 6.03. The Kier molecular flexibility index (Phi) is 5.46. The molecule has 2 nitrogen and oxygen atoms in total. The van der Waals surface area contributed by atoms with Crippen molar-refractivity contribution in [2.75, 3.05) is 19.4 Å². The summed E-state index contributed by atoms with van der Waals surface area (Å²) in [5.41, 5.74) is 3.57. The molecule has 0 aliphatic carbocycles. The first kappa shape index (κ1) is 15.4. The minimum atomic E-state index is 0.743. The lowest BCUT2D eigenvalue weighted by atomic mass is 10.1. The van der Waals surface area contributed by atoms with Crippen LogP contribution in [0.4, 0.5) is 5.69 Å². The number of nitrogens with zero attached hydrogens (tertiary/aromatic N) is 1. The monoisotopic (exact) mass is 352 g/mol. The molecular formula is C16H18BrClN2.